The van der Waals surface area contributed by atoms with Crippen LogP contribution < -0.4 is 0 Å². The minimum atomic E-state index is -0.348. The van der Waals surface area contributed by atoms with Crippen molar-refractivity contribution in [2.75, 3.05) is 7.05 Å². The number of hydrogen-bond acceptors (Lipinski definition) is 4. The monoisotopic (exact) mass is 392 g/mol. The van der Waals surface area contributed by atoms with E-state index in [0.717, 1.165) is 15.2 Å². The van der Waals surface area contributed by atoms with Crippen molar-refractivity contribution < 1.29 is 13.6 Å². The maximum Gasteiger partial charge on any atom is 0.246 e. The number of benzene rings is 2. The van der Waals surface area contributed by atoms with E-state index in [1.165, 1.54) is 12.1 Å². The van der Waals surface area contributed by atoms with Gasteiger partial charge in [-0.2, -0.15) is 0 Å². The van der Waals surface area contributed by atoms with Gasteiger partial charge in [0.2, 0.25) is 5.91 Å². The molecule has 4 aromatic rings. The maximum atomic E-state index is 13.8. The zero-order valence-electron chi connectivity index (χ0n) is 15.1. The van der Waals surface area contributed by atoms with E-state index in [0.29, 0.717) is 23.6 Å². The molecule has 0 aliphatic carbocycles. The lowest BCUT2D eigenvalue weighted by Crippen LogP contribution is -2.23. The van der Waals surface area contributed by atoms with Gasteiger partial charge in [-0.1, -0.05) is 24.3 Å². The van der Waals surface area contributed by atoms with Gasteiger partial charge >= 0.3 is 0 Å². The zero-order valence-corrected chi connectivity index (χ0v) is 15.9. The van der Waals surface area contributed by atoms with Gasteiger partial charge in [-0.15, -0.1) is 11.3 Å². The Kier molecular flexibility index (Phi) is 5.04. The average Bonchev–Trinajstić information content (AvgIpc) is 3.32. The lowest BCUT2D eigenvalue weighted by Gasteiger charge is -2.12. The van der Waals surface area contributed by atoms with E-state index in [-0.39, 0.29) is 11.7 Å². The van der Waals surface area contributed by atoms with Gasteiger partial charge in [-0.3, -0.25) is 4.79 Å². The third-order valence-corrected chi connectivity index (χ3v) is 5.26. The van der Waals surface area contributed by atoms with Crippen LogP contribution in [-0.4, -0.2) is 22.8 Å². The highest BCUT2D eigenvalue weighted by Crippen LogP contribution is 2.25. The molecule has 140 valence electrons. The number of furan rings is 1. The summed E-state index contributed by atoms with van der Waals surface area (Å²) in [7, 11) is 1.73. The fourth-order valence-electron chi connectivity index (χ4n) is 2.80. The molecule has 2 heterocycles. The molecule has 0 atom stereocenters. The van der Waals surface area contributed by atoms with Gasteiger partial charge in [0.05, 0.1) is 22.3 Å². The molecule has 0 saturated carbocycles. The van der Waals surface area contributed by atoms with Crippen LogP contribution in [0.2, 0.25) is 0 Å². The molecule has 0 saturated heterocycles. The predicted molar refractivity (Wildman–Crippen MR) is 109 cm³/mol. The molecule has 28 heavy (non-hydrogen) atoms. The van der Waals surface area contributed by atoms with Crippen LogP contribution in [0, 0.1) is 5.82 Å². The number of halogens is 1. The molecule has 2 aromatic carbocycles. The van der Waals surface area contributed by atoms with Crippen molar-refractivity contribution in [3.63, 3.8) is 0 Å². The van der Waals surface area contributed by atoms with Crippen molar-refractivity contribution in [1.29, 1.82) is 0 Å². The Balaban J connectivity index is 1.43. The zero-order chi connectivity index (χ0) is 19.5. The lowest BCUT2D eigenvalue weighted by molar-refractivity contribution is -0.125. The molecule has 0 N–H and O–H groups in total. The number of nitrogens with zero attached hydrogens (tertiary/aromatic N) is 2. The molecule has 0 fully saturated rings. The van der Waals surface area contributed by atoms with Crippen LogP contribution in [0.15, 0.2) is 71.2 Å². The van der Waals surface area contributed by atoms with Crippen LogP contribution in [-0.2, 0) is 11.3 Å². The summed E-state index contributed by atoms with van der Waals surface area (Å²) in [4.78, 5) is 18.5. The summed E-state index contributed by atoms with van der Waals surface area (Å²) in [5, 5.41) is 0.880. The van der Waals surface area contributed by atoms with Gasteiger partial charge in [-0.25, -0.2) is 9.37 Å². The van der Waals surface area contributed by atoms with Crippen molar-refractivity contribution in [2.45, 2.75) is 6.54 Å². The minimum Gasteiger partial charge on any atom is -0.457 e. The number of rotatable bonds is 5. The molecule has 0 aliphatic rings. The molecule has 0 bridgehead atoms. The molecule has 1 amide bonds. The van der Waals surface area contributed by atoms with Crippen LogP contribution >= 0.6 is 11.3 Å². The van der Waals surface area contributed by atoms with Crippen molar-refractivity contribution in [2.24, 2.45) is 0 Å². The first-order chi connectivity index (χ1) is 13.6. The average molecular weight is 392 g/mol. The van der Waals surface area contributed by atoms with Crippen LogP contribution in [0.5, 0.6) is 0 Å². The smallest absolute Gasteiger partial charge is 0.246 e. The Bertz CT molecular complexity index is 1130. The molecule has 6 heteroatoms. The first-order valence-electron chi connectivity index (χ1n) is 8.72. The third kappa shape index (κ3) is 3.87. The summed E-state index contributed by atoms with van der Waals surface area (Å²) in [6.07, 6.45) is 3.03. The molecular formula is C22H17FN2O2S. The second-order valence-corrected chi connectivity index (χ2v) is 7.40. The highest BCUT2D eigenvalue weighted by atomic mass is 32.1. The summed E-state index contributed by atoms with van der Waals surface area (Å²) >= 11 is 1.58. The van der Waals surface area contributed by atoms with Gasteiger partial charge in [0.15, 0.2) is 0 Å². The molecule has 0 radical (unpaired) electrons. The highest BCUT2D eigenvalue weighted by Gasteiger charge is 2.11. The number of amides is 1. The van der Waals surface area contributed by atoms with E-state index in [2.05, 4.69) is 4.98 Å². The van der Waals surface area contributed by atoms with E-state index in [9.17, 15) is 9.18 Å². The molecular weight excluding hydrogens is 375 g/mol. The predicted octanol–water partition coefficient (Wildman–Crippen LogP) is 5.37. The number of thiazole rings is 1. The topological polar surface area (TPSA) is 46.3 Å². The first-order valence-corrected chi connectivity index (χ1v) is 9.54. The summed E-state index contributed by atoms with van der Waals surface area (Å²) in [6.45, 7) is 0.432. The fourth-order valence-corrected chi connectivity index (χ4v) is 3.82. The van der Waals surface area contributed by atoms with Crippen LogP contribution in [0.3, 0.4) is 0 Å². The van der Waals surface area contributed by atoms with Gasteiger partial charge in [0, 0.05) is 13.1 Å². The summed E-state index contributed by atoms with van der Waals surface area (Å²) in [5.41, 5.74) is 1.33. The van der Waals surface area contributed by atoms with Gasteiger partial charge in [-0.05, 0) is 42.5 Å². The fraction of sp³-hybridized carbons (Fsp3) is 0.0909. The quantitative estimate of drug-likeness (QED) is 0.429. The second kappa shape index (κ2) is 7.78. The molecule has 0 unspecified atom stereocenters. The molecule has 2 aromatic heterocycles. The summed E-state index contributed by atoms with van der Waals surface area (Å²) in [6, 6.07) is 17.7. The number of likely N-dealkylation sites (N-methyl/N-ethyl adjacent to an activating group) is 1. The van der Waals surface area contributed by atoms with Crippen LogP contribution in [0.1, 0.15) is 10.8 Å². The highest BCUT2D eigenvalue weighted by molar-refractivity contribution is 7.18. The molecule has 4 nitrogen and oxygen atoms in total. The van der Waals surface area contributed by atoms with E-state index in [1.54, 1.807) is 59.7 Å². The van der Waals surface area contributed by atoms with Gasteiger partial charge < -0.3 is 9.32 Å². The Morgan fingerprint density at radius 3 is 2.75 bits per heavy atom. The summed E-state index contributed by atoms with van der Waals surface area (Å²) < 4.78 is 20.6. The molecule has 0 aliphatic heterocycles. The number of hydrogen-bond donors (Lipinski definition) is 0. The molecule has 0 spiro atoms. The van der Waals surface area contributed by atoms with E-state index in [4.69, 9.17) is 4.42 Å². The van der Waals surface area contributed by atoms with Gasteiger partial charge in [0.1, 0.15) is 22.3 Å². The second-order valence-electron chi connectivity index (χ2n) is 6.28. The minimum absolute atomic E-state index is 0.164. The number of carbonyl (C=O) groups excluding carboxylic acids is 1. The maximum absolute atomic E-state index is 13.8. The number of aromatic nitrogens is 1. The largest absolute Gasteiger partial charge is 0.457 e. The number of carbonyl (C=O) groups is 1. The van der Waals surface area contributed by atoms with Crippen LogP contribution in [0.25, 0.3) is 27.6 Å². The molecule has 4 rings (SSSR count). The van der Waals surface area contributed by atoms with E-state index >= 15 is 0 Å². The van der Waals surface area contributed by atoms with Crippen molar-refractivity contribution in [1.82, 2.24) is 9.88 Å². The van der Waals surface area contributed by atoms with Crippen LogP contribution in [0.4, 0.5) is 4.39 Å². The number of para-hydroxylation sites is 1. The standard InChI is InChI=1S/C22H17FN2O2S/c1-25(14-21-24-18-8-4-5-9-20(18)28-21)22(26)13-11-15-10-12-19(27-15)16-6-2-3-7-17(16)23/h2-13H,14H2,1H3. The van der Waals surface area contributed by atoms with Gasteiger partial charge in [0.25, 0.3) is 0 Å². The normalized spacial score (nSPS) is 11.4. The third-order valence-electron chi connectivity index (χ3n) is 4.24. The summed E-state index contributed by atoms with van der Waals surface area (Å²) in [5.74, 6) is 0.398. The Morgan fingerprint density at radius 1 is 1.14 bits per heavy atom. The number of fused-ring (bicyclic) bond motifs is 1. The Hall–Kier alpha value is -3.25. The SMILES string of the molecule is CN(Cc1nc2ccccc2s1)C(=O)C=Cc1ccc(-c2ccccc2F)o1. The van der Waals surface area contributed by atoms with E-state index in [1.807, 2.05) is 24.3 Å². The van der Waals surface area contributed by atoms with Crippen molar-refractivity contribution >= 4 is 33.5 Å². The lowest BCUT2D eigenvalue weighted by atomic mass is 10.1. The van der Waals surface area contributed by atoms with E-state index < -0.39 is 0 Å². The van der Waals surface area contributed by atoms with Crippen molar-refractivity contribution in [3.8, 4) is 11.3 Å². The van der Waals surface area contributed by atoms with Crippen molar-refractivity contribution in [3.05, 3.63) is 83.3 Å². The Morgan fingerprint density at radius 2 is 1.93 bits per heavy atom. The first kappa shape index (κ1) is 18.1. The Labute approximate surface area is 165 Å².